The van der Waals surface area contributed by atoms with Crippen LogP contribution in [-0.4, -0.2) is 44.8 Å². The molecular weight excluding hydrogens is 394 g/mol. The predicted molar refractivity (Wildman–Crippen MR) is 110 cm³/mol. The summed E-state index contributed by atoms with van der Waals surface area (Å²) < 4.78 is 27.0. The van der Waals surface area contributed by atoms with Gasteiger partial charge in [-0.05, 0) is 42.5 Å². The molecule has 1 unspecified atom stereocenters. The third-order valence-electron chi connectivity index (χ3n) is 5.58. The lowest BCUT2D eigenvalue weighted by molar-refractivity contribution is -0.910. The Labute approximate surface area is 170 Å². The van der Waals surface area contributed by atoms with Crippen molar-refractivity contribution in [2.75, 3.05) is 31.5 Å². The second kappa shape index (κ2) is 8.32. The number of quaternary nitrogens is 1. The molecule has 3 heterocycles. The van der Waals surface area contributed by atoms with Crippen LogP contribution >= 0.6 is 11.3 Å². The van der Waals surface area contributed by atoms with Gasteiger partial charge in [-0.25, -0.2) is 8.42 Å². The van der Waals surface area contributed by atoms with Gasteiger partial charge < -0.3 is 10.2 Å². The van der Waals surface area contributed by atoms with Crippen molar-refractivity contribution in [1.82, 2.24) is 4.31 Å². The highest BCUT2D eigenvalue weighted by molar-refractivity contribution is 7.89. The SMILES string of the molecule is O=C(C[NH+]1CCC[C@H]1c1cccs1)Nc1cccc(S(=O)(=O)N2CCCC2)c1. The number of amides is 1. The highest BCUT2D eigenvalue weighted by Crippen LogP contribution is 2.24. The van der Waals surface area contributed by atoms with Gasteiger partial charge in [0.1, 0.15) is 6.04 Å². The molecule has 1 aromatic heterocycles. The second-order valence-electron chi connectivity index (χ2n) is 7.48. The number of likely N-dealkylation sites (tertiary alicyclic amines) is 1. The molecule has 0 aliphatic carbocycles. The van der Waals surface area contributed by atoms with Gasteiger partial charge in [-0.1, -0.05) is 12.1 Å². The maximum atomic E-state index is 12.7. The number of nitrogens with zero attached hydrogens (tertiary/aromatic N) is 1. The lowest BCUT2D eigenvalue weighted by atomic mass is 10.2. The summed E-state index contributed by atoms with van der Waals surface area (Å²) in [5.74, 6) is -0.0748. The van der Waals surface area contributed by atoms with Gasteiger partial charge in [0.2, 0.25) is 10.0 Å². The summed E-state index contributed by atoms with van der Waals surface area (Å²) in [6.07, 6.45) is 4.03. The first-order chi connectivity index (χ1) is 13.5. The third-order valence-corrected chi connectivity index (χ3v) is 8.46. The molecule has 1 amide bonds. The summed E-state index contributed by atoms with van der Waals surface area (Å²) in [6, 6.07) is 11.2. The Balaban J connectivity index is 1.42. The third kappa shape index (κ3) is 4.15. The van der Waals surface area contributed by atoms with Crippen molar-refractivity contribution in [2.45, 2.75) is 36.6 Å². The number of hydrogen-bond donors (Lipinski definition) is 2. The van der Waals surface area contributed by atoms with Crippen molar-refractivity contribution in [3.8, 4) is 0 Å². The van der Waals surface area contributed by atoms with E-state index in [0.717, 1.165) is 32.2 Å². The minimum absolute atomic E-state index is 0.0748. The number of thiophene rings is 1. The van der Waals surface area contributed by atoms with E-state index in [4.69, 9.17) is 0 Å². The maximum absolute atomic E-state index is 12.7. The number of anilines is 1. The number of nitrogens with one attached hydrogen (secondary N) is 2. The minimum Gasteiger partial charge on any atom is -0.321 e. The lowest BCUT2D eigenvalue weighted by Gasteiger charge is -2.20. The fraction of sp³-hybridized carbons (Fsp3) is 0.450. The van der Waals surface area contributed by atoms with Crippen molar-refractivity contribution in [3.05, 3.63) is 46.7 Å². The molecule has 0 bridgehead atoms. The Kier molecular flexibility index (Phi) is 5.82. The van der Waals surface area contributed by atoms with Gasteiger partial charge in [0.15, 0.2) is 6.54 Å². The van der Waals surface area contributed by atoms with E-state index >= 15 is 0 Å². The van der Waals surface area contributed by atoms with Crippen LogP contribution in [0.4, 0.5) is 5.69 Å². The zero-order valence-electron chi connectivity index (χ0n) is 15.8. The van der Waals surface area contributed by atoms with Gasteiger partial charge in [0.25, 0.3) is 5.91 Å². The first-order valence-electron chi connectivity index (χ1n) is 9.82. The molecule has 0 spiro atoms. The summed E-state index contributed by atoms with van der Waals surface area (Å²) in [5, 5.41) is 4.98. The molecule has 6 nitrogen and oxygen atoms in total. The zero-order valence-corrected chi connectivity index (χ0v) is 17.4. The second-order valence-corrected chi connectivity index (χ2v) is 10.4. The first-order valence-corrected chi connectivity index (χ1v) is 12.1. The monoisotopic (exact) mass is 420 g/mol. The average molecular weight is 421 g/mol. The fourth-order valence-corrected chi connectivity index (χ4v) is 6.66. The van der Waals surface area contributed by atoms with Crippen molar-refractivity contribution in [2.24, 2.45) is 0 Å². The van der Waals surface area contributed by atoms with Crippen molar-refractivity contribution < 1.29 is 18.1 Å². The summed E-state index contributed by atoms with van der Waals surface area (Å²) in [4.78, 5) is 15.5. The van der Waals surface area contributed by atoms with Gasteiger partial charge in [-0.3, -0.25) is 4.79 Å². The van der Waals surface area contributed by atoms with Gasteiger partial charge in [-0.15, -0.1) is 11.3 Å². The Bertz CT molecular complexity index is 922. The molecule has 28 heavy (non-hydrogen) atoms. The summed E-state index contributed by atoms with van der Waals surface area (Å²) in [7, 11) is -3.48. The van der Waals surface area contributed by atoms with E-state index in [-0.39, 0.29) is 10.8 Å². The summed E-state index contributed by atoms with van der Waals surface area (Å²) >= 11 is 1.75. The summed E-state index contributed by atoms with van der Waals surface area (Å²) in [5.41, 5.74) is 0.538. The number of rotatable bonds is 6. The molecule has 2 aromatic rings. The van der Waals surface area contributed by atoms with Crippen LogP contribution in [0.15, 0.2) is 46.7 Å². The van der Waals surface area contributed by atoms with E-state index in [2.05, 4.69) is 22.8 Å². The van der Waals surface area contributed by atoms with Gasteiger partial charge in [-0.2, -0.15) is 4.31 Å². The van der Waals surface area contributed by atoms with Crippen LogP contribution in [0.1, 0.15) is 36.6 Å². The summed E-state index contributed by atoms with van der Waals surface area (Å²) in [6.45, 7) is 2.52. The van der Waals surface area contributed by atoms with Gasteiger partial charge in [0.05, 0.1) is 16.3 Å². The van der Waals surface area contributed by atoms with Crippen molar-refractivity contribution in [3.63, 3.8) is 0 Å². The molecule has 150 valence electrons. The van der Waals surface area contributed by atoms with Crippen LogP contribution in [0.25, 0.3) is 0 Å². The minimum atomic E-state index is -3.48. The van der Waals surface area contributed by atoms with Gasteiger partial charge >= 0.3 is 0 Å². The normalized spacial score (nSPS) is 23.1. The smallest absolute Gasteiger partial charge is 0.279 e. The molecule has 0 saturated carbocycles. The molecule has 2 fully saturated rings. The average Bonchev–Trinajstić information content (AvgIpc) is 3.43. The number of carbonyl (C=O) groups excluding carboxylic acids is 1. The van der Waals surface area contributed by atoms with Crippen molar-refractivity contribution in [1.29, 1.82) is 0 Å². The van der Waals surface area contributed by atoms with Crippen molar-refractivity contribution >= 4 is 33.0 Å². The zero-order chi connectivity index (χ0) is 19.6. The van der Waals surface area contributed by atoms with E-state index in [9.17, 15) is 13.2 Å². The van der Waals surface area contributed by atoms with Crippen LogP contribution in [-0.2, 0) is 14.8 Å². The molecule has 0 radical (unpaired) electrons. The Morgan fingerprint density at radius 1 is 1.18 bits per heavy atom. The highest BCUT2D eigenvalue weighted by atomic mass is 32.2. The molecule has 2 aliphatic heterocycles. The number of hydrogen-bond acceptors (Lipinski definition) is 4. The maximum Gasteiger partial charge on any atom is 0.279 e. The first kappa shape index (κ1) is 19.6. The van der Waals surface area contributed by atoms with Crippen LogP contribution < -0.4 is 10.2 Å². The van der Waals surface area contributed by atoms with Gasteiger partial charge in [0, 0.05) is 31.6 Å². The van der Waals surface area contributed by atoms with Crippen LogP contribution in [0.3, 0.4) is 0 Å². The molecule has 4 rings (SSSR count). The van der Waals surface area contributed by atoms with E-state index < -0.39 is 10.0 Å². The highest BCUT2D eigenvalue weighted by Gasteiger charge is 2.32. The molecule has 2 saturated heterocycles. The van der Waals surface area contributed by atoms with E-state index in [0.29, 0.717) is 31.4 Å². The Morgan fingerprint density at radius 3 is 2.75 bits per heavy atom. The molecule has 1 aromatic carbocycles. The topological polar surface area (TPSA) is 70.9 Å². The fourth-order valence-electron chi connectivity index (χ4n) is 4.18. The predicted octanol–water partition coefficient (Wildman–Crippen LogP) is 1.89. The number of sulfonamides is 1. The largest absolute Gasteiger partial charge is 0.321 e. The van der Waals surface area contributed by atoms with E-state index in [1.165, 1.54) is 14.1 Å². The molecule has 2 N–H and O–H groups in total. The number of carbonyl (C=O) groups is 1. The standard InChI is InChI=1S/C20H25N3O3S2/c24-20(15-22-10-4-8-18(22)19-9-5-13-27-19)21-16-6-3-7-17(14-16)28(25,26)23-11-1-2-12-23/h3,5-7,9,13-14,18H,1-2,4,8,10-12,15H2,(H,21,24)/p+1/t18-/m0/s1. The van der Waals surface area contributed by atoms with Crippen LogP contribution in [0.5, 0.6) is 0 Å². The van der Waals surface area contributed by atoms with E-state index in [1.54, 1.807) is 35.6 Å². The van der Waals surface area contributed by atoms with Crippen LogP contribution in [0.2, 0.25) is 0 Å². The molecule has 8 heteroatoms. The molecule has 2 atom stereocenters. The molecule has 2 aliphatic rings. The quantitative estimate of drug-likeness (QED) is 0.750. The van der Waals surface area contributed by atoms with Crippen LogP contribution in [0, 0.1) is 0 Å². The lowest BCUT2D eigenvalue weighted by Crippen LogP contribution is -3.11. The van der Waals surface area contributed by atoms with E-state index in [1.807, 2.05) is 0 Å². The molecular formula is C20H26N3O3S2+. The number of benzene rings is 1. The Morgan fingerprint density at radius 2 is 2.00 bits per heavy atom. The Hall–Kier alpha value is -1.74.